The van der Waals surface area contributed by atoms with Crippen LogP contribution < -0.4 is 25.2 Å². The summed E-state index contributed by atoms with van der Waals surface area (Å²) in [5, 5.41) is 4.27. The SMILES string of the molecule is COc1cc(OC)c(-c2c3oc4cc(=O)ccc4c3[nH]c3c2c(=O)[nH]n3C2CCCC2)cc1OC. The Morgan fingerprint density at radius 1 is 0.943 bits per heavy atom. The van der Waals surface area contributed by atoms with Crippen molar-refractivity contribution in [3.8, 4) is 28.4 Å². The van der Waals surface area contributed by atoms with Crippen LogP contribution in [0.2, 0.25) is 0 Å². The fourth-order valence-electron chi connectivity index (χ4n) is 5.33. The van der Waals surface area contributed by atoms with Crippen molar-refractivity contribution in [2.75, 3.05) is 21.3 Å². The van der Waals surface area contributed by atoms with Gasteiger partial charge >= 0.3 is 0 Å². The van der Waals surface area contributed by atoms with E-state index >= 15 is 0 Å². The number of hydrogen-bond acceptors (Lipinski definition) is 6. The number of hydrogen-bond donors (Lipinski definition) is 2. The van der Waals surface area contributed by atoms with Crippen LogP contribution in [-0.2, 0) is 0 Å². The molecule has 5 aromatic rings. The van der Waals surface area contributed by atoms with E-state index in [4.69, 9.17) is 18.6 Å². The summed E-state index contributed by atoms with van der Waals surface area (Å²) in [7, 11) is 4.67. The quantitative estimate of drug-likeness (QED) is 0.380. The molecule has 1 aliphatic carbocycles. The second-order valence-electron chi connectivity index (χ2n) is 8.84. The molecule has 0 atom stereocenters. The number of pyridine rings is 1. The average molecular weight is 476 g/mol. The van der Waals surface area contributed by atoms with Crippen molar-refractivity contribution in [2.45, 2.75) is 31.7 Å². The molecule has 1 fully saturated rings. The van der Waals surface area contributed by atoms with Gasteiger partial charge in [-0.05, 0) is 31.0 Å². The molecule has 6 rings (SSSR count). The summed E-state index contributed by atoms with van der Waals surface area (Å²) in [6, 6.07) is 8.41. The number of aromatic nitrogens is 3. The molecule has 2 aromatic carbocycles. The Morgan fingerprint density at radius 3 is 2.37 bits per heavy atom. The lowest BCUT2D eigenvalue weighted by Crippen LogP contribution is -2.10. The Bertz CT molecular complexity index is 1720. The normalized spacial score (nSPS) is 14.4. The van der Waals surface area contributed by atoms with Crippen LogP contribution in [0.25, 0.3) is 44.2 Å². The number of H-pyrrole nitrogens is 2. The molecule has 0 bridgehead atoms. The molecule has 1 saturated carbocycles. The molecule has 2 N–H and O–H groups in total. The molecule has 0 amide bonds. The summed E-state index contributed by atoms with van der Waals surface area (Å²) in [6.07, 6.45) is 4.22. The summed E-state index contributed by atoms with van der Waals surface area (Å²) in [5.74, 6) is 1.48. The molecule has 9 heteroatoms. The van der Waals surface area contributed by atoms with Crippen LogP contribution in [0.3, 0.4) is 0 Å². The van der Waals surface area contributed by atoms with Crippen LogP contribution in [0.5, 0.6) is 17.2 Å². The Kier molecular flexibility index (Phi) is 4.87. The first-order valence-corrected chi connectivity index (χ1v) is 11.6. The van der Waals surface area contributed by atoms with Gasteiger partial charge in [0.05, 0.1) is 38.3 Å². The maximum atomic E-state index is 13.5. The molecule has 0 aliphatic heterocycles. The van der Waals surface area contributed by atoms with Gasteiger partial charge in [0.25, 0.3) is 5.56 Å². The van der Waals surface area contributed by atoms with E-state index in [1.165, 1.54) is 12.1 Å². The molecule has 180 valence electrons. The summed E-state index contributed by atoms with van der Waals surface area (Å²) < 4.78 is 24.9. The zero-order valence-electron chi connectivity index (χ0n) is 19.7. The van der Waals surface area contributed by atoms with Gasteiger partial charge in [0.2, 0.25) is 0 Å². The first kappa shape index (κ1) is 21.4. The van der Waals surface area contributed by atoms with E-state index in [-0.39, 0.29) is 17.0 Å². The summed E-state index contributed by atoms with van der Waals surface area (Å²) in [6.45, 7) is 0. The molecule has 3 heterocycles. The van der Waals surface area contributed by atoms with Crippen LogP contribution in [0.4, 0.5) is 0 Å². The highest BCUT2D eigenvalue weighted by molar-refractivity contribution is 6.15. The van der Waals surface area contributed by atoms with E-state index in [0.717, 1.165) is 31.1 Å². The number of methoxy groups -OCH3 is 3. The van der Waals surface area contributed by atoms with Crippen LogP contribution in [0, 0.1) is 0 Å². The molecule has 1 aliphatic rings. The molecule has 35 heavy (non-hydrogen) atoms. The van der Waals surface area contributed by atoms with Gasteiger partial charge in [-0.1, -0.05) is 12.8 Å². The zero-order valence-corrected chi connectivity index (χ0v) is 19.7. The second kappa shape index (κ2) is 7.97. The first-order valence-electron chi connectivity index (χ1n) is 11.6. The molecule has 9 nitrogen and oxygen atoms in total. The predicted octanol–water partition coefficient (Wildman–Crippen LogP) is 4.73. The average Bonchev–Trinajstić information content (AvgIpc) is 3.59. The number of nitrogens with zero attached hydrogens (tertiary/aromatic N) is 1. The van der Waals surface area contributed by atoms with Gasteiger partial charge in [-0.2, -0.15) is 0 Å². The summed E-state index contributed by atoms with van der Waals surface area (Å²) in [4.78, 5) is 29.0. The Hall–Kier alpha value is -4.14. The van der Waals surface area contributed by atoms with Gasteiger partial charge in [-0.15, -0.1) is 0 Å². The maximum Gasteiger partial charge on any atom is 0.274 e. The number of furan rings is 1. The lowest BCUT2D eigenvalue weighted by atomic mass is 10.00. The van der Waals surface area contributed by atoms with Crippen molar-refractivity contribution in [1.82, 2.24) is 14.8 Å². The Labute approximate surface area is 199 Å². The number of aromatic amines is 2. The van der Waals surface area contributed by atoms with Gasteiger partial charge in [0, 0.05) is 28.6 Å². The minimum absolute atomic E-state index is 0.153. The smallest absolute Gasteiger partial charge is 0.274 e. The minimum atomic E-state index is -0.234. The van der Waals surface area contributed by atoms with Gasteiger partial charge in [-0.3, -0.25) is 19.4 Å². The number of nitrogens with one attached hydrogen (secondary N) is 2. The third-order valence-corrected chi connectivity index (χ3v) is 6.97. The van der Waals surface area contributed by atoms with Gasteiger partial charge in [-0.25, -0.2) is 0 Å². The number of rotatable bonds is 5. The molecule has 0 spiro atoms. The standard InChI is InChI=1S/C26H25N3O6/c1-32-17-12-20(34-3)19(33-2)11-16(17)21-22-25(29(28-26(22)31)13-6-4-5-7-13)27-23-15-9-8-14(30)10-18(15)35-24(21)23/h8-13,27H,4-7H2,1-3H3,(H,28,31). The van der Waals surface area contributed by atoms with E-state index in [1.807, 2.05) is 4.68 Å². The Morgan fingerprint density at radius 2 is 1.66 bits per heavy atom. The third-order valence-electron chi connectivity index (χ3n) is 6.97. The monoisotopic (exact) mass is 475 g/mol. The topological polar surface area (TPSA) is 111 Å². The largest absolute Gasteiger partial charge is 0.496 e. The third kappa shape index (κ3) is 3.14. The first-order chi connectivity index (χ1) is 17.0. The van der Waals surface area contributed by atoms with Gasteiger partial charge in [0.15, 0.2) is 22.5 Å². The van der Waals surface area contributed by atoms with E-state index < -0.39 is 0 Å². The van der Waals surface area contributed by atoms with E-state index in [9.17, 15) is 9.59 Å². The summed E-state index contributed by atoms with van der Waals surface area (Å²) in [5.41, 5.74) is 3.07. The van der Waals surface area contributed by atoms with Crippen LogP contribution in [-0.4, -0.2) is 36.1 Å². The highest BCUT2D eigenvalue weighted by Crippen LogP contribution is 2.46. The van der Waals surface area contributed by atoms with Crippen molar-refractivity contribution in [2.24, 2.45) is 0 Å². The van der Waals surface area contributed by atoms with Gasteiger partial charge < -0.3 is 23.6 Å². The number of ether oxygens (including phenoxy) is 3. The fraction of sp³-hybridized carbons (Fsp3) is 0.308. The van der Waals surface area contributed by atoms with Crippen molar-refractivity contribution < 1.29 is 18.6 Å². The molecular weight excluding hydrogens is 450 g/mol. The maximum absolute atomic E-state index is 13.5. The minimum Gasteiger partial charge on any atom is -0.496 e. The fourth-order valence-corrected chi connectivity index (χ4v) is 5.33. The second-order valence-corrected chi connectivity index (χ2v) is 8.84. The van der Waals surface area contributed by atoms with Crippen LogP contribution >= 0.6 is 0 Å². The van der Waals surface area contributed by atoms with Crippen LogP contribution in [0.1, 0.15) is 31.7 Å². The van der Waals surface area contributed by atoms with E-state index in [2.05, 4.69) is 10.1 Å². The highest BCUT2D eigenvalue weighted by Gasteiger charge is 2.28. The lowest BCUT2D eigenvalue weighted by molar-refractivity contribution is 0.349. The van der Waals surface area contributed by atoms with Crippen molar-refractivity contribution in [3.05, 3.63) is 50.9 Å². The summed E-state index contributed by atoms with van der Waals surface area (Å²) >= 11 is 0. The lowest BCUT2D eigenvalue weighted by Gasteiger charge is -2.16. The molecule has 0 unspecified atom stereocenters. The predicted molar refractivity (Wildman–Crippen MR) is 133 cm³/mol. The highest BCUT2D eigenvalue weighted by atomic mass is 16.5. The van der Waals surface area contributed by atoms with Crippen molar-refractivity contribution >= 4 is 33.1 Å². The molecule has 0 radical (unpaired) electrons. The van der Waals surface area contributed by atoms with E-state index in [0.29, 0.717) is 56.1 Å². The molecule has 3 aromatic heterocycles. The zero-order chi connectivity index (χ0) is 24.3. The van der Waals surface area contributed by atoms with Crippen molar-refractivity contribution in [3.63, 3.8) is 0 Å². The molecular formula is C26H25N3O6. The number of fused-ring (bicyclic) bond motifs is 4. The Balaban J connectivity index is 1.81. The molecule has 0 saturated heterocycles. The number of benzene rings is 2. The van der Waals surface area contributed by atoms with Crippen molar-refractivity contribution in [1.29, 1.82) is 0 Å². The van der Waals surface area contributed by atoms with Gasteiger partial charge in [0.1, 0.15) is 17.0 Å². The van der Waals surface area contributed by atoms with Crippen LogP contribution in [0.15, 0.2) is 44.3 Å². The van der Waals surface area contributed by atoms with E-state index in [1.54, 1.807) is 39.5 Å².